The lowest BCUT2D eigenvalue weighted by molar-refractivity contribution is 0.601. The Balaban J connectivity index is 2.27. The minimum absolute atomic E-state index is 0.123. The lowest BCUT2D eigenvalue weighted by atomic mass is 10.4. The summed E-state index contributed by atoms with van der Waals surface area (Å²) >= 11 is 7.67. The Hall–Kier alpha value is -0.930. The molecule has 5 nitrogen and oxygen atoms in total. The van der Waals surface area contributed by atoms with Gasteiger partial charge in [-0.1, -0.05) is 11.6 Å². The number of hydrogen-bond donors (Lipinski definition) is 1. The Morgan fingerprint density at radius 1 is 1.06 bits per heavy atom. The second kappa shape index (κ2) is 5.37. The van der Waals surface area contributed by atoms with E-state index >= 15 is 0 Å². The molecular formula is C10H7ClIN3O2S. The molecule has 0 aliphatic heterocycles. The molecule has 2 aromatic rings. The van der Waals surface area contributed by atoms with E-state index in [1.165, 1.54) is 24.3 Å². The molecule has 8 heteroatoms. The summed E-state index contributed by atoms with van der Waals surface area (Å²) in [7, 11) is -3.64. The normalized spacial score (nSPS) is 11.2. The van der Waals surface area contributed by atoms with Gasteiger partial charge in [0.05, 0.1) is 4.90 Å². The molecule has 0 amide bonds. The maximum Gasteiger partial charge on any atom is 0.263 e. The van der Waals surface area contributed by atoms with Gasteiger partial charge in [0.25, 0.3) is 10.0 Å². The quantitative estimate of drug-likeness (QED) is 0.811. The van der Waals surface area contributed by atoms with Crippen molar-refractivity contribution in [2.45, 2.75) is 4.90 Å². The average molecular weight is 396 g/mol. The standard InChI is InChI=1S/C10H7ClIN3O2S/c11-9-5-6-10(14-13-9)15-18(16,17)8-3-1-7(12)2-4-8/h1-6H,(H,14,15). The summed E-state index contributed by atoms with van der Waals surface area (Å²) in [4.78, 5) is 0.166. The van der Waals surface area contributed by atoms with E-state index in [2.05, 4.69) is 37.5 Å². The highest BCUT2D eigenvalue weighted by molar-refractivity contribution is 14.1. The van der Waals surface area contributed by atoms with Crippen molar-refractivity contribution in [2.24, 2.45) is 0 Å². The highest BCUT2D eigenvalue weighted by Crippen LogP contribution is 2.16. The van der Waals surface area contributed by atoms with Gasteiger partial charge in [-0.3, -0.25) is 4.72 Å². The second-order valence-electron chi connectivity index (χ2n) is 3.30. The number of anilines is 1. The molecule has 1 heterocycles. The first-order chi connectivity index (χ1) is 8.47. The number of halogens is 2. The summed E-state index contributed by atoms with van der Waals surface area (Å²) in [6.07, 6.45) is 0. The summed E-state index contributed by atoms with van der Waals surface area (Å²) in [5.41, 5.74) is 0. The van der Waals surface area contributed by atoms with Gasteiger partial charge >= 0.3 is 0 Å². The van der Waals surface area contributed by atoms with Crippen LogP contribution in [-0.2, 0) is 10.0 Å². The third-order valence-electron chi connectivity index (χ3n) is 1.99. The van der Waals surface area contributed by atoms with Crippen molar-refractivity contribution in [1.82, 2.24) is 10.2 Å². The average Bonchev–Trinajstić information content (AvgIpc) is 2.32. The summed E-state index contributed by atoms with van der Waals surface area (Å²) in [6.45, 7) is 0. The molecule has 0 saturated carbocycles. The SMILES string of the molecule is O=S(=O)(Nc1ccc(Cl)nn1)c1ccc(I)cc1. The van der Waals surface area contributed by atoms with Crippen LogP contribution in [0.5, 0.6) is 0 Å². The van der Waals surface area contributed by atoms with Crippen LogP contribution in [0, 0.1) is 3.57 Å². The first-order valence-electron chi connectivity index (χ1n) is 4.75. The Kier molecular flexibility index (Phi) is 4.03. The van der Waals surface area contributed by atoms with Crippen molar-refractivity contribution in [2.75, 3.05) is 4.72 Å². The molecule has 0 aliphatic rings. The van der Waals surface area contributed by atoms with Crippen LogP contribution < -0.4 is 4.72 Å². The minimum atomic E-state index is -3.64. The second-order valence-corrected chi connectivity index (χ2v) is 6.62. The summed E-state index contributed by atoms with van der Waals surface area (Å²) in [5, 5.41) is 7.39. The van der Waals surface area contributed by atoms with Crippen molar-refractivity contribution in [3.8, 4) is 0 Å². The molecule has 0 aliphatic carbocycles. The molecule has 0 atom stereocenters. The van der Waals surface area contributed by atoms with E-state index in [4.69, 9.17) is 11.6 Å². The summed E-state index contributed by atoms with van der Waals surface area (Å²) in [6, 6.07) is 9.37. The molecule has 0 fully saturated rings. The van der Waals surface area contributed by atoms with Gasteiger partial charge in [-0.2, -0.15) is 0 Å². The van der Waals surface area contributed by atoms with E-state index < -0.39 is 10.0 Å². The third kappa shape index (κ3) is 3.30. The number of rotatable bonds is 3. The van der Waals surface area contributed by atoms with Gasteiger partial charge < -0.3 is 0 Å². The van der Waals surface area contributed by atoms with E-state index in [0.717, 1.165) is 3.57 Å². The highest BCUT2D eigenvalue weighted by Gasteiger charge is 2.14. The zero-order valence-electron chi connectivity index (χ0n) is 8.84. The van der Waals surface area contributed by atoms with Crippen LogP contribution in [0.25, 0.3) is 0 Å². The predicted molar refractivity (Wildman–Crippen MR) is 77.0 cm³/mol. The third-order valence-corrected chi connectivity index (χ3v) is 4.29. The zero-order valence-corrected chi connectivity index (χ0v) is 12.6. The van der Waals surface area contributed by atoms with Crippen LogP contribution in [0.15, 0.2) is 41.3 Å². The van der Waals surface area contributed by atoms with Gasteiger partial charge in [0.2, 0.25) is 0 Å². The number of hydrogen-bond acceptors (Lipinski definition) is 4. The number of nitrogens with zero attached hydrogens (tertiary/aromatic N) is 2. The van der Waals surface area contributed by atoms with Crippen LogP contribution >= 0.6 is 34.2 Å². The van der Waals surface area contributed by atoms with Crippen LogP contribution in [0.4, 0.5) is 5.82 Å². The van der Waals surface area contributed by atoms with E-state index in [1.807, 2.05) is 0 Å². The zero-order chi connectivity index (χ0) is 13.2. The van der Waals surface area contributed by atoms with Gasteiger partial charge in [-0.15, -0.1) is 10.2 Å². The molecule has 0 unspecified atom stereocenters. The molecule has 94 valence electrons. The van der Waals surface area contributed by atoms with Crippen molar-refractivity contribution in [1.29, 1.82) is 0 Å². The van der Waals surface area contributed by atoms with E-state index in [0.29, 0.717) is 0 Å². The molecule has 0 bridgehead atoms. The van der Waals surface area contributed by atoms with Crippen molar-refractivity contribution < 1.29 is 8.42 Å². The Labute approximate surface area is 123 Å². The number of nitrogens with one attached hydrogen (secondary N) is 1. The molecule has 0 saturated heterocycles. The van der Waals surface area contributed by atoms with Crippen molar-refractivity contribution in [3.63, 3.8) is 0 Å². The number of benzene rings is 1. The predicted octanol–water partition coefficient (Wildman–Crippen LogP) is 2.54. The first-order valence-corrected chi connectivity index (χ1v) is 7.69. The maximum absolute atomic E-state index is 12.0. The highest BCUT2D eigenvalue weighted by atomic mass is 127. The minimum Gasteiger partial charge on any atom is -0.262 e. The van der Waals surface area contributed by atoms with Crippen LogP contribution in [0.3, 0.4) is 0 Å². The fourth-order valence-corrected chi connectivity index (χ4v) is 2.64. The molecule has 0 spiro atoms. The molecule has 1 aromatic carbocycles. The Morgan fingerprint density at radius 3 is 2.28 bits per heavy atom. The lowest BCUT2D eigenvalue weighted by Crippen LogP contribution is -2.14. The van der Waals surface area contributed by atoms with Crippen LogP contribution in [-0.4, -0.2) is 18.6 Å². The molecule has 1 aromatic heterocycles. The molecule has 1 N–H and O–H groups in total. The fourth-order valence-electron chi connectivity index (χ4n) is 1.18. The van der Waals surface area contributed by atoms with Gasteiger partial charge in [0, 0.05) is 3.57 Å². The van der Waals surface area contributed by atoms with E-state index in [-0.39, 0.29) is 15.9 Å². The molecular weight excluding hydrogens is 389 g/mol. The molecule has 0 radical (unpaired) electrons. The van der Waals surface area contributed by atoms with E-state index in [1.54, 1.807) is 12.1 Å². The number of sulfonamides is 1. The molecule has 18 heavy (non-hydrogen) atoms. The summed E-state index contributed by atoms with van der Waals surface area (Å²) < 4.78 is 27.2. The smallest absolute Gasteiger partial charge is 0.262 e. The fraction of sp³-hybridized carbons (Fsp3) is 0. The number of aromatic nitrogens is 2. The lowest BCUT2D eigenvalue weighted by Gasteiger charge is -2.06. The van der Waals surface area contributed by atoms with Gasteiger partial charge in [0.1, 0.15) is 0 Å². The maximum atomic E-state index is 12.0. The van der Waals surface area contributed by atoms with Gasteiger partial charge in [0.15, 0.2) is 11.0 Å². The van der Waals surface area contributed by atoms with Crippen molar-refractivity contribution >= 4 is 50.0 Å². The Bertz CT molecular complexity index is 644. The monoisotopic (exact) mass is 395 g/mol. The van der Waals surface area contributed by atoms with E-state index in [9.17, 15) is 8.42 Å². The molecule has 2 rings (SSSR count). The largest absolute Gasteiger partial charge is 0.263 e. The topological polar surface area (TPSA) is 72.0 Å². The Morgan fingerprint density at radius 2 is 1.72 bits per heavy atom. The first kappa shape index (κ1) is 13.5. The van der Waals surface area contributed by atoms with Crippen molar-refractivity contribution in [3.05, 3.63) is 45.1 Å². The van der Waals surface area contributed by atoms with Gasteiger partial charge in [-0.25, -0.2) is 8.42 Å². The summed E-state index contributed by atoms with van der Waals surface area (Å²) in [5.74, 6) is 0.123. The van der Waals surface area contributed by atoms with Crippen LogP contribution in [0.2, 0.25) is 5.15 Å². The van der Waals surface area contributed by atoms with Crippen LogP contribution in [0.1, 0.15) is 0 Å². The van der Waals surface area contributed by atoms with Gasteiger partial charge in [-0.05, 0) is 59.0 Å².